The van der Waals surface area contributed by atoms with Gasteiger partial charge in [-0.1, -0.05) is 6.32 Å². The Balaban J connectivity index is 2.61. The molecule has 0 aliphatic carbocycles. The summed E-state index contributed by atoms with van der Waals surface area (Å²) >= 11 is 0. The molecule has 0 saturated carbocycles. The van der Waals surface area contributed by atoms with E-state index in [1.807, 2.05) is 0 Å². The quantitative estimate of drug-likeness (QED) is 0.402. The Bertz CT molecular complexity index is 130. The van der Waals surface area contributed by atoms with Crippen molar-refractivity contribution in [3.05, 3.63) is 0 Å². The molecule has 10 heavy (non-hydrogen) atoms. The third-order valence-electron chi connectivity index (χ3n) is 2.90. The van der Waals surface area contributed by atoms with Gasteiger partial charge < -0.3 is 4.74 Å². The van der Waals surface area contributed by atoms with Crippen LogP contribution in [0, 0.1) is 0 Å². The van der Waals surface area contributed by atoms with Crippen LogP contribution in [-0.4, -0.2) is 35.1 Å². The van der Waals surface area contributed by atoms with E-state index in [0.717, 1.165) is 12.1 Å². The Hall–Kier alpha value is 0.155. The Morgan fingerprint density at radius 2 is 2.20 bits per heavy atom. The maximum Gasteiger partial charge on any atom is 0.139 e. The molecule has 0 N–H and O–H groups in total. The minimum Gasteiger partial charge on any atom is -0.382 e. The van der Waals surface area contributed by atoms with E-state index in [-0.39, 0.29) is 5.60 Å². The van der Waals surface area contributed by atoms with Gasteiger partial charge in [-0.25, -0.2) is 0 Å². The summed E-state index contributed by atoms with van der Waals surface area (Å²) in [5, 5.41) is 0. The molecule has 0 spiro atoms. The minimum atomic E-state index is 0.166. The molecule has 1 nitrogen and oxygen atoms in total. The van der Waals surface area contributed by atoms with Crippen molar-refractivity contribution in [1.29, 1.82) is 0 Å². The average molecular weight is 136 g/mol. The van der Waals surface area contributed by atoms with Gasteiger partial charge in [-0.15, -0.1) is 0 Å². The Morgan fingerprint density at radius 3 is 2.40 bits per heavy atom. The van der Waals surface area contributed by atoms with Crippen LogP contribution in [0.3, 0.4) is 0 Å². The van der Waals surface area contributed by atoms with E-state index in [4.69, 9.17) is 4.74 Å². The zero-order valence-electron chi connectivity index (χ0n) is 7.48. The molecule has 0 unspecified atom stereocenters. The molecule has 1 fully saturated rings. The first-order chi connectivity index (χ1) is 4.58. The molecule has 1 heterocycles. The summed E-state index contributed by atoms with van der Waals surface area (Å²) in [6, 6.07) is 0.472. The molecule has 0 aromatic heterocycles. The van der Waals surface area contributed by atoms with Crippen molar-refractivity contribution in [1.82, 2.24) is 0 Å². The largest absolute Gasteiger partial charge is 0.382 e. The molecule has 1 rings (SSSR count). The maximum atomic E-state index is 5.81. The van der Waals surface area contributed by atoms with E-state index >= 15 is 0 Å². The van der Waals surface area contributed by atoms with Crippen molar-refractivity contribution >= 4 is 23.5 Å². The number of rotatable bonds is 1. The zero-order valence-corrected chi connectivity index (χ0v) is 7.48. The van der Waals surface area contributed by atoms with Crippen LogP contribution >= 0.6 is 0 Å². The van der Waals surface area contributed by atoms with E-state index in [1.165, 1.54) is 6.42 Å². The van der Waals surface area contributed by atoms with E-state index < -0.39 is 0 Å². The maximum absolute atomic E-state index is 5.81. The molecule has 0 bridgehead atoms. The first kappa shape index (κ1) is 8.25. The van der Waals surface area contributed by atoms with Gasteiger partial charge in [-0.05, 0) is 19.2 Å². The first-order valence-corrected chi connectivity index (χ1v) is 4.26. The SMILES string of the molecule is BC[C@@]1(C)O[C@@H](B)C[C@@H]1B. The van der Waals surface area contributed by atoms with Crippen molar-refractivity contribution in [3.63, 3.8) is 0 Å². The highest BCUT2D eigenvalue weighted by molar-refractivity contribution is 6.17. The molecular formula is C6H15B3O. The predicted octanol–water partition coefficient (Wildman–Crippen LogP) is -1.40. The first-order valence-electron chi connectivity index (χ1n) is 4.26. The van der Waals surface area contributed by atoms with Crippen LogP contribution in [0.4, 0.5) is 0 Å². The van der Waals surface area contributed by atoms with Gasteiger partial charge in [0.1, 0.15) is 23.5 Å². The monoisotopic (exact) mass is 136 g/mol. The second-order valence-corrected chi connectivity index (χ2v) is 3.73. The lowest BCUT2D eigenvalue weighted by molar-refractivity contribution is 0.0195. The highest BCUT2D eigenvalue weighted by Gasteiger charge is 2.38. The van der Waals surface area contributed by atoms with Crippen LogP contribution in [0.1, 0.15) is 13.3 Å². The lowest BCUT2D eigenvalue weighted by atomic mass is 9.68. The van der Waals surface area contributed by atoms with Gasteiger partial charge in [0.2, 0.25) is 0 Å². The lowest BCUT2D eigenvalue weighted by Crippen LogP contribution is -2.28. The van der Waals surface area contributed by atoms with Crippen LogP contribution < -0.4 is 0 Å². The summed E-state index contributed by atoms with van der Waals surface area (Å²) in [7, 11) is 6.65. The summed E-state index contributed by atoms with van der Waals surface area (Å²) < 4.78 is 5.81. The van der Waals surface area contributed by atoms with Gasteiger partial charge in [-0.2, -0.15) is 0 Å². The summed E-state index contributed by atoms with van der Waals surface area (Å²) in [4.78, 5) is 0. The highest BCUT2D eigenvalue weighted by Crippen LogP contribution is 2.39. The molecule has 0 aromatic rings. The normalized spacial score (nSPS) is 47.7. The molecule has 0 aromatic carbocycles. The summed E-state index contributed by atoms with van der Waals surface area (Å²) in [6.45, 7) is 2.22. The fourth-order valence-electron chi connectivity index (χ4n) is 1.80. The van der Waals surface area contributed by atoms with Crippen LogP contribution in [0.2, 0.25) is 12.1 Å². The van der Waals surface area contributed by atoms with Crippen LogP contribution in [0.25, 0.3) is 0 Å². The average Bonchev–Trinajstić information content (AvgIpc) is 2.09. The van der Waals surface area contributed by atoms with E-state index in [0.29, 0.717) is 6.00 Å². The van der Waals surface area contributed by atoms with Crippen LogP contribution in [0.5, 0.6) is 0 Å². The summed E-state index contributed by atoms with van der Waals surface area (Å²) in [5.74, 6) is 0.729. The van der Waals surface area contributed by atoms with E-state index in [2.05, 4.69) is 30.5 Å². The number of hydrogen-bond acceptors (Lipinski definition) is 1. The topological polar surface area (TPSA) is 9.23 Å². The van der Waals surface area contributed by atoms with Gasteiger partial charge in [0.15, 0.2) is 0 Å². The van der Waals surface area contributed by atoms with Crippen molar-refractivity contribution < 1.29 is 4.74 Å². The van der Waals surface area contributed by atoms with Crippen LogP contribution in [0.15, 0.2) is 0 Å². The molecule has 54 valence electrons. The predicted molar refractivity (Wildman–Crippen MR) is 52.1 cm³/mol. The fourth-order valence-corrected chi connectivity index (χ4v) is 1.80. The van der Waals surface area contributed by atoms with E-state index in [9.17, 15) is 0 Å². The van der Waals surface area contributed by atoms with E-state index in [1.54, 1.807) is 0 Å². The van der Waals surface area contributed by atoms with Gasteiger partial charge >= 0.3 is 0 Å². The van der Waals surface area contributed by atoms with Crippen LogP contribution in [-0.2, 0) is 4.74 Å². The lowest BCUT2D eigenvalue weighted by Gasteiger charge is -2.27. The Kier molecular flexibility index (Phi) is 2.19. The second kappa shape index (κ2) is 2.65. The third-order valence-corrected chi connectivity index (χ3v) is 2.90. The number of ether oxygens (including phenoxy) is 1. The van der Waals surface area contributed by atoms with Gasteiger partial charge in [0.05, 0.1) is 5.60 Å². The molecule has 3 atom stereocenters. The molecule has 4 heteroatoms. The Labute approximate surface area is 66.1 Å². The minimum absolute atomic E-state index is 0.166. The molecule has 0 amide bonds. The molecule has 0 radical (unpaired) electrons. The molecule has 1 saturated heterocycles. The third kappa shape index (κ3) is 1.27. The van der Waals surface area contributed by atoms with Crippen molar-refractivity contribution in [3.8, 4) is 0 Å². The van der Waals surface area contributed by atoms with Crippen molar-refractivity contribution in [2.75, 3.05) is 0 Å². The Morgan fingerprint density at radius 1 is 1.60 bits per heavy atom. The smallest absolute Gasteiger partial charge is 0.139 e. The standard InChI is InChI=1S/C6H15B3O/c1-6(3-7)4(8)2-5(9)10-6/h4-5H,2-3,7-9H2,1H3/t4-,5+,6+/m0/s1. The molecule has 1 aliphatic rings. The summed E-state index contributed by atoms with van der Waals surface area (Å²) in [5.41, 5.74) is 0.166. The fraction of sp³-hybridized carbons (Fsp3) is 1.00. The van der Waals surface area contributed by atoms with Gasteiger partial charge in [0.25, 0.3) is 0 Å². The zero-order chi connectivity index (χ0) is 7.78. The van der Waals surface area contributed by atoms with Gasteiger partial charge in [-0.3, -0.25) is 0 Å². The van der Waals surface area contributed by atoms with Gasteiger partial charge in [0, 0.05) is 6.00 Å². The number of hydrogen-bond donors (Lipinski definition) is 0. The van der Waals surface area contributed by atoms with Crippen molar-refractivity contribution in [2.24, 2.45) is 0 Å². The highest BCUT2D eigenvalue weighted by atomic mass is 16.5. The molecule has 1 aliphatic heterocycles. The summed E-state index contributed by atoms with van der Waals surface area (Å²) in [6.07, 6.45) is 2.36. The second-order valence-electron chi connectivity index (χ2n) is 3.73. The van der Waals surface area contributed by atoms with Crippen molar-refractivity contribution in [2.45, 2.75) is 37.1 Å². The molecular weight excluding hydrogens is 121 g/mol.